The first-order valence-corrected chi connectivity index (χ1v) is 8.96. The second kappa shape index (κ2) is 6.07. The summed E-state index contributed by atoms with van der Waals surface area (Å²) < 4.78 is 25.3. The number of carbonyl (C=O) groups excluding carboxylic acids is 1. The van der Waals surface area contributed by atoms with E-state index in [2.05, 4.69) is 5.32 Å². The predicted octanol–water partition coefficient (Wildman–Crippen LogP) is 2.40. The highest BCUT2D eigenvalue weighted by Crippen LogP contribution is 2.31. The van der Waals surface area contributed by atoms with E-state index in [0.717, 1.165) is 6.42 Å². The third-order valence-electron chi connectivity index (χ3n) is 3.29. The second-order valence-electron chi connectivity index (χ2n) is 4.81. The zero-order chi connectivity index (χ0) is 15.6. The fourth-order valence-electron chi connectivity index (χ4n) is 2.37. The van der Waals surface area contributed by atoms with Crippen molar-refractivity contribution in [3.8, 4) is 0 Å². The van der Waals surface area contributed by atoms with Crippen LogP contribution in [0, 0.1) is 6.92 Å². The molecule has 2 aromatic rings. The highest BCUT2D eigenvalue weighted by atomic mass is 35.7. The van der Waals surface area contributed by atoms with Crippen molar-refractivity contribution in [3.63, 3.8) is 0 Å². The number of carbonyl (C=O) groups is 1. The van der Waals surface area contributed by atoms with Crippen molar-refractivity contribution in [1.29, 1.82) is 0 Å². The number of aromatic nitrogens is 1. The first kappa shape index (κ1) is 15.9. The van der Waals surface area contributed by atoms with Crippen molar-refractivity contribution in [1.82, 2.24) is 9.88 Å². The van der Waals surface area contributed by atoms with Gasteiger partial charge in [0.1, 0.15) is 11.4 Å². The summed E-state index contributed by atoms with van der Waals surface area (Å²) in [7, 11) is 1.66. The number of amides is 1. The van der Waals surface area contributed by atoms with Gasteiger partial charge in [0.15, 0.2) is 0 Å². The van der Waals surface area contributed by atoms with Crippen LogP contribution in [-0.2, 0) is 20.4 Å². The highest BCUT2D eigenvalue weighted by molar-refractivity contribution is 8.14. The molecule has 0 atom stereocenters. The summed E-state index contributed by atoms with van der Waals surface area (Å²) in [5, 5.41) is 3.31. The molecule has 0 unspecified atom stereocenters. The molecule has 0 saturated carbocycles. The lowest BCUT2D eigenvalue weighted by atomic mass is 10.2. The summed E-state index contributed by atoms with van der Waals surface area (Å²) in [5.74, 6) is -0.153. The van der Waals surface area contributed by atoms with Gasteiger partial charge in [-0.05, 0) is 19.4 Å². The van der Waals surface area contributed by atoms with Crippen LogP contribution in [0.4, 0.5) is 0 Å². The Bertz CT molecular complexity index is 781. The van der Waals surface area contributed by atoms with Gasteiger partial charge >= 0.3 is 0 Å². The smallest absolute Gasteiger partial charge is 0.263 e. The van der Waals surface area contributed by atoms with Gasteiger partial charge in [-0.15, -0.1) is 0 Å². The van der Waals surface area contributed by atoms with Crippen LogP contribution in [0.2, 0.25) is 0 Å². The first-order valence-electron chi connectivity index (χ1n) is 6.65. The minimum Gasteiger partial charge on any atom is -0.355 e. The molecule has 1 heterocycles. The third kappa shape index (κ3) is 3.22. The molecule has 0 aliphatic heterocycles. The number of hydrogen-bond acceptors (Lipinski definition) is 3. The summed E-state index contributed by atoms with van der Waals surface area (Å²) >= 11 is 0. The molecular formula is C14H17ClN2O3S. The van der Waals surface area contributed by atoms with Crippen LogP contribution in [-0.4, -0.2) is 25.4 Å². The molecule has 0 saturated heterocycles. The number of halogens is 1. The van der Waals surface area contributed by atoms with E-state index in [0.29, 0.717) is 23.1 Å². The molecule has 2 rings (SSSR count). The second-order valence-corrected chi connectivity index (χ2v) is 7.31. The monoisotopic (exact) mass is 328 g/mol. The standard InChI is InChI=1S/C14H17ClN2O3S/c1-3-8-16-13(18)9-17-10(2)14(21(15,19)20)11-6-4-5-7-12(11)17/h4-7H,3,8-9H2,1-2H3,(H,16,18). The van der Waals surface area contributed by atoms with E-state index in [1.54, 1.807) is 35.8 Å². The zero-order valence-electron chi connectivity index (χ0n) is 11.9. The lowest BCUT2D eigenvalue weighted by Crippen LogP contribution is -2.28. The fraction of sp³-hybridized carbons (Fsp3) is 0.357. The molecule has 1 amide bonds. The molecule has 0 aliphatic carbocycles. The van der Waals surface area contributed by atoms with Gasteiger partial charge in [0.05, 0.1) is 5.52 Å². The summed E-state index contributed by atoms with van der Waals surface area (Å²) in [6, 6.07) is 7.01. The Morgan fingerprint density at radius 2 is 2.00 bits per heavy atom. The number of rotatable bonds is 5. The Balaban J connectivity index is 2.54. The molecule has 1 N–H and O–H groups in total. The Labute approximate surface area is 128 Å². The number of fused-ring (bicyclic) bond motifs is 1. The van der Waals surface area contributed by atoms with Gasteiger partial charge in [-0.1, -0.05) is 25.1 Å². The molecule has 7 heteroatoms. The largest absolute Gasteiger partial charge is 0.355 e. The van der Waals surface area contributed by atoms with E-state index in [1.165, 1.54) is 0 Å². The number of para-hydroxylation sites is 1. The van der Waals surface area contributed by atoms with Crippen LogP contribution >= 0.6 is 10.7 Å². The summed E-state index contributed by atoms with van der Waals surface area (Å²) in [6.07, 6.45) is 0.846. The minimum absolute atomic E-state index is 0.0682. The Morgan fingerprint density at radius 1 is 1.33 bits per heavy atom. The molecule has 0 fully saturated rings. The van der Waals surface area contributed by atoms with Crippen LogP contribution < -0.4 is 5.32 Å². The highest BCUT2D eigenvalue weighted by Gasteiger charge is 2.23. The molecule has 1 aromatic carbocycles. The number of nitrogens with zero attached hydrogens (tertiary/aromatic N) is 1. The Morgan fingerprint density at radius 3 is 2.62 bits per heavy atom. The van der Waals surface area contributed by atoms with E-state index in [-0.39, 0.29) is 17.3 Å². The molecule has 21 heavy (non-hydrogen) atoms. The van der Waals surface area contributed by atoms with Crippen molar-refractivity contribution in [3.05, 3.63) is 30.0 Å². The van der Waals surface area contributed by atoms with Crippen molar-refractivity contribution in [2.24, 2.45) is 0 Å². The van der Waals surface area contributed by atoms with Crippen LogP contribution in [0.5, 0.6) is 0 Å². The SMILES string of the molecule is CCCNC(=O)Cn1c(C)c(S(=O)(=O)Cl)c2ccccc21. The summed E-state index contributed by atoms with van der Waals surface area (Å²) in [5.41, 5.74) is 1.15. The number of benzene rings is 1. The minimum atomic E-state index is -3.87. The van der Waals surface area contributed by atoms with Crippen molar-refractivity contribution < 1.29 is 13.2 Å². The summed E-state index contributed by atoms with van der Waals surface area (Å²) in [4.78, 5) is 12.0. The molecule has 0 aliphatic rings. The Kier molecular flexibility index (Phi) is 4.58. The molecule has 0 bridgehead atoms. The maximum atomic E-state index is 11.9. The van der Waals surface area contributed by atoms with Crippen molar-refractivity contribution in [2.75, 3.05) is 6.54 Å². The van der Waals surface area contributed by atoms with Crippen molar-refractivity contribution in [2.45, 2.75) is 31.7 Å². The number of nitrogens with one attached hydrogen (secondary N) is 1. The van der Waals surface area contributed by atoms with Gasteiger partial charge in [0, 0.05) is 28.3 Å². The van der Waals surface area contributed by atoms with E-state index in [4.69, 9.17) is 10.7 Å². The van der Waals surface area contributed by atoms with Gasteiger partial charge in [0.25, 0.3) is 9.05 Å². The normalized spacial score (nSPS) is 11.8. The van der Waals surface area contributed by atoms with Crippen LogP contribution in [0.3, 0.4) is 0 Å². The van der Waals surface area contributed by atoms with Crippen LogP contribution in [0.25, 0.3) is 10.9 Å². The van der Waals surface area contributed by atoms with E-state index < -0.39 is 9.05 Å². The maximum absolute atomic E-state index is 11.9. The maximum Gasteiger partial charge on any atom is 0.263 e. The van der Waals surface area contributed by atoms with E-state index in [1.807, 2.05) is 6.92 Å². The quantitative estimate of drug-likeness (QED) is 0.857. The van der Waals surface area contributed by atoms with Crippen LogP contribution in [0.1, 0.15) is 19.0 Å². The fourth-order valence-corrected chi connectivity index (χ4v) is 3.86. The van der Waals surface area contributed by atoms with E-state index in [9.17, 15) is 13.2 Å². The molecule has 0 radical (unpaired) electrons. The molecule has 114 valence electrons. The Hall–Kier alpha value is -1.53. The average molecular weight is 329 g/mol. The molecule has 1 aromatic heterocycles. The lowest BCUT2D eigenvalue weighted by Gasteiger charge is -2.08. The molecule has 5 nitrogen and oxygen atoms in total. The third-order valence-corrected chi connectivity index (χ3v) is 4.76. The van der Waals surface area contributed by atoms with E-state index >= 15 is 0 Å². The van der Waals surface area contributed by atoms with Gasteiger partial charge in [-0.3, -0.25) is 4.79 Å². The summed E-state index contributed by atoms with van der Waals surface area (Å²) in [6.45, 7) is 4.29. The van der Waals surface area contributed by atoms with Crippen molar-refractivity contribution >= 4 is 36.5 Å². The van der Waals surface area contributed by atoms with Gasteiger partial charge in [-0.2, -0.15) is 0 Å². The topological polar surface area (TPSA) is 68.2 Å². The average Bonchev–Trinajstić information content (AvgIpc) is 2.69. The molecule has 0 spiro atoms. The first-order chi connectivity index (χ1) is 9.86. The van der Waals surface area contributed by atoms with Gasteiger partial charge in [-0.25, -0.2) is 8.42 Å². The van der Waals surface area contributed by atoms with Gasteiger partial charge < -0.3 is 9.88 Å². The predicted molar refractivity (Wildman–Crippen MR) is 83.0 cm³/mol. The van der Waals surface area contributed by atoms with Gasteiger partial charge in [0.2, 0.25) is 5.91 Å². The zero-order valence-corrected chi connectivity index (χ0v) is 13.5. The number of hydrogen-bond donors (Lipinski definition) is 1. The van der Waals surface area contributed by atoms with Crippen LogP contribution in [0.15, 0.2) is 29.2 Å². The molecular weight excluding hydrogens is 312 g/mol. The lowest BCUT2D eigenvalue weighted by molar-refractivity contribution is -0.121.